The highest BCUT2D eigenvalue weighted by atomic mass is 35.5. The van der Waals surface area contributed by atoms with Crippen LogP contribution in [0.5, 0.6) is 0 Å². The smallest absolute Gasteiger partial charge is 0.228 e. The van der Waals surface area contributed by atoms with Crippen molar-refractivity contribution in [1.29, 1.82) is 0 Å². The predicted molar refractivity (Wildman–Crippen MR) is 80.7 cm³/mol. The van der Waals surface area contributed by atoms with Crippen molar-refractivity contribution in [2.75, 3.05) is 11.9 Å². The highest BCUT2D eigenvalue weighted by Gasteiger charge is 2.11. The number of hydrogen-bond donors (Lipinski definition) is 1. The van der Waals surface area contributed by atoms with Gasteiger partial charge < -0.3 is 5.32 Å². The highest BCUT2D eigenvalue weighted by Crippen LogP contribution is 2.24. The Hall–Kier alpha value is -1.93. The van der Waals surface area contributed by atoms with Crippen molar-refractivity contribution in [1.82, 2.24) is 29.5 Å². The molecule has 0 aromatic carbocycles. The van der Waals surface area contributed by atoms with E-state index >= 15 is 0 Å². The molecule has 0 amide bonds. The van der Waals surface area contributed by atoms with Crippen molar-refractivity contribution in [3.05, 3.63) is 29.7 Å². The number of fused-ring (bicyclic) bond motifs is 1. The van der Waals surface area contributed by atoms with Crippen LogP contribution in [0.2, 0.25) is 5.28 Å². The maximum Gasteiger partial charge on any atom is 0.228 e. The molecule has 0 bridgehead atoms. The molecule has 3 aromatic heterocycles. The van der Waals surface area contributed by atoms with Crippen LogP contribution in [0, 0.1) is 0 Å². The van der Waals surface area contributed by atoms with E-state index in [4.69, 9.17) is 11.6 Å². The lowest BCUT2D eigenvalue weighted by atomic mass is 10.5. The Labute approximate surface area is 130 Å². The summed E-state index contributed by atoms with van der Waals surface area (Å²) in [5.41, 5.74) is 0.768. The lowest BCUT2D eigenvalue weighted by molar-refractivity contribution is 0.863. The molecule has 21 heavy (non-hydrogen) atoms. The summed E-state index contributed by atoms with van der Waals surface area (Å²) in [6.45, 7) is 2.84. The third kappa shape index (κ3) is 3.22. The molecule has 0 aliphatic carbocycles. The fraction of sp³-hybridized carbons (Fsp3) is 0.250. The summed E-state index contributed by atoms with van der Waals surface area (Å²) in [5.74, 6) is 0.466. The van der Waals surface area contributed by atoms with Gasteiger partial charge in [-0.05, 0) is 41.9 Å². The molecular formula is C12H12ClN7S. The number of pyridine rings is 1. The average molecular weight is 322 g/mol. The van der Waals surface area contributed by atoms with Gasteiger partial charge in [-0.2, -0.15) is 15.0 Å². The van der Waals surface area contributed by atoms with Crippen molar-refractivity contribution in [2.45, 2.75) is 23.7 Å². The maximum atomic E-state index is 5.93. The molecule has 9 heteroatoms. The van der Waals surface area contributed by atoms with Crippen LogP contribution in [0.3, 0.4) is 0 Å². The lowest BCUT2D eigenvalue weighted by Crippen LogP contribution is -2.06. The van der Waals surface area contributed by atoms with E-state index in [1.54, 1.807) is 0 Å². The third-order valence-electron chi connectivity index (χ3n) is 2.59. The van der Waals surface area contributed by atoms with Crippen LogP contribution in [0.4, 0.5) is 5.95 Å². The number of hydrogen-bond acceptors (Lipinski definition) is 7. The minimum Gasteiger partial charge on any atom is -0.354 e. The number of rotatable bonds is 5. The highest BCUT2D eigenvalue weighted by molar-refractivity contribution is 7.99. The third-order valence-corrected chi connectivity index (χ3v) is 3.58. The molecule has 1 N–H and O–H groups in total. The summed E-state index contributed by atoms with van der Waals surface area (Å²) < 4.78 is 1.86. The molecular weight excluding hydrogens is 310 g/mol. The van der Waals surface area contributed by atoms with Crippen LogP contribution >= 0.6 is 23.4 Å². The van der Waals surface area contributed by atoms with E-state index in [1.165, 1.54) is 11.8 Å². The van der Waals surface area contributed by atoms with Crippen LogP contribution in [-0.2, 0) is 0 Å². The first-order chi connectivity index (χ1) is 10.3. The summed E-state index contributed by atoms with van der Waals surface area (Å²) in [6, 6.07) is 5.70. The summed E-state index contributed by atoms with van der Waals surface area (Å²) in [7, 11) is 0. The summed E-state index contributed by atoms with van der Waals surface area (Å²) in [6.07, 6.45) is 2.86. The molecule has 3 aromatic rings. The van der Waals surface area contributed by atoms with Crippen LogP contribution < -0.4 is 5.32 Å². The normalized spacial score (nSPS) is 11.0. The first-order valence-electron chi connectivity index (χ1n) is 6.39. The van der Waals surface area contributed by atoms with Gasteiger partial charge in [0.2, 0.25) is 21.5 Å². The van der Waals surface area contributed by atoms with Crippen LogP contribution in [0.1, 0.15) is 13.3 Å². The second-order valence-electron chi connectivity index (χ2n) is 4.15. The fourth-order valence-electron chi connectivity index (χ4n) is 1.66. The van der Waals surface area contributed by atoms with Crippen LogP contribution in [-0.4, -0.2) is 36.1 Å². The van der Waals surface area contributed by atoms with Crippen molar-refractivity contribution in [3.63, 3.8) is 0 Å². The van der Waals surface area contributed by atoms with Gasteiger partial charge in [-0.15, -0.1) is 10.2 Å². The maximum absolute atomic E-state index is 5.93. The molecule has 0 unspecified atom stereocenters. The first-order valence-corrected chi connectivity index (χ1v) is 7.59. The van der Waals surface area contributed by atoms with E-state index in [0.717, 1.165) is 18.6 Å². The second-order valence-corrected chi connectivity index (χ2v) is 5.42. The van der Waals surface area contributed by atoms with Gasteiger partial charge in [-0.1, -0.05) is 13.0 Å². The average Bonchev–Trinajstić information content (AvgIpc) is 2.88. The summed E-state index contributed by atoms with van der Waals surface area (Å²) in [4.78, 5) is 12.5. The van der Waals surface area contributed by atoms with E-state index in [1.807, 2.05) is 28.8 Å². The number of anilines is 1. The number of nitrogens with one attached hydrogen (secondary N) is 1. The largest absolute Gasteiger partial charge is 0.354 e. The standard InChI is InChI=1S/C12H12ClN7S/c1-2-6-14-10-15-9(13)16-11(17-10)21-12-19-18-8-5-3-4-7-20(8)12/h3-5,7H,2,6H2,1H3,(H,14,15,16,17). The van der Waals surface area contributed by atoms with Gasteiger partial charge in [-0.3, -0.25) is 4.40 Å². The van der Waals surface area contributed by atoms with E-state index < -0.39 is 0 Å². The van der Waals surface area contributed by atoms with Crippen LogP contribution in [0.15, 0.2) is 34.7 Å². The minimum absolute atomic E-state index is 0.153. The van der Waals surface area contributed by atoms with E-state index in [9.17, 15) is 0 Å². The molecule has 0 spiro atoms. The fourth-order valence-corrected chi connectivity index (χ4v) is 2.64. The molecule has 0 saturated carbocycles. The Morgan fingerprint density at radius 3 is 3.00 bits per heavy atom. The SMILES string of the molecule is CCCNc1nc(Cl)nc(Sc2nnc3ccccn23)n1. The number of aromatic nitrogens is 6. The predicted octanol–water partition coefficient (Wildman–Crippen LogP) is 2.54. The van der Waals surface area contributed by atoms with Crippen molar-refractivity contribution >= 4 is 35.0 Å². The molecule has 0 radical (unpaired) electrons. The van der Waals surface area contributed by atoms with E-state index in [2.05, 4.69) is 37.4 Å². The van der Waals surface area contributed by atoms with Gasteiger partial charge in [-0.25, -0.2) is 0 Å². The zero-order valence-corrected chi connectivity index (χ0v) is 12.8. The molecule has 3 rings (SSSR count). The summed E-state index contributed by atoms with van der Waals surface area (Å²) in [5, 5.41) is 12.6. The Morgan fingerprint density at radius 1 is 1.24 bits per heavy atom. The van der Waals surface area contributed by atoms with Crippen LogP contribution in [0.25, 0.3) is 5.65 Å². The van der Waals surface area contributed by atoms with Gasteiger partial charge in [0.05, 0.1) is 0 Å². The summed E-state index contributed by atoms with van der Waals surface area (Å²) >= 11 is 7.22. The van der Waals surface area contributed by atoms with Gasteiger partial charge in [0.1, 0.15) is 0 Å². The quantitative estimate of drug-likeness (QED) is 0.773. The van der Waals surface area contributed by atoms with Crippen molar-refractivity contribution in [2.24, 2.45) is 0 Å². The Balaban J connectivity index is 1.88. The number of halogens is 1. The molecule has 108 valence electrons. The Kier molecular flexibility index (Phi) is 4.16. The molecule has 0 saturated heterocycles. The van der Waals surface area contributed by atoms with Gasteiger partial charge in [0, 0.05) is 12.7 Å². The Morgan fingerprint density at radius 2 is 2.14 bits per heavy atom. The van der Waals surface area contributed by atoms with E-state index in [0.29, 0.717) is 16.3 Å². The molecule has 0 fully saturated rings. The van der Waals surface area contributed by atoms with Crippen molar-refractivity contribution in [3.8, 4) is 0 Å². The zero-order valence-electron chi connectivity index (χ0n) is 11.2. The second kappa shape index (κ2) is 6.23. The topological polar surface area (TPSA) is 80.9 Å². The van der Waals surface area contributed by atoms with Gasteiger partial charge >= 0.3 is 0 Å². The number of nitrogens with zero attached hydrogens (tertiary/aromatic N) is 6. The molecule has 0 aliphatic heterocycles. The van der Waals surface area contributed by atoms with E-state index in [-0.39, 0.29) is 5.28 Å². The van der Waals surface area contributed by atoms with Gasteiger partial charge in [0.15, 0.2) is 5.65 Å². The molecule has 7 nitrogen and oxygen atoms in total. The first kappa shape index (κ1) is 14.0. The molecule has 0 atom stereocenters. The zero-order chi connectivity index (χ0) is 14.7. The Bertz CT molecular complexity index is 760. The monoisotopic (exact) mass is 321 g/mol. The lowest BCUT2D eigenvalue weighted by Gasteiger charge is -2.04. The molecule has 0 aliphatic rings. The molecule has 3 heterocycles. The minimum atomic E-state index is 0.153. The van der Waals surface area contributed by atoms with Crippen molar-refractivity contribution < 1.29 is 0 Å². The van der Waals surface area contributed by atoms with Gasteiger partial charge in [0.25, 0.3) is 0 Å².